The van der Waals surface area contributed by atoms with Gasteiger partial charge in [-0.15, -0.1) is 0 Å². The smallest absolute Gasteiger partial charge is 0.00637 e. The van der Waals surface area contributed by atoms with E-state index in [4.69, 9.17) is 0 Å². The van der Waals surface area contributed by atoms with Crippen molar-refractivity contribution in [2.75, 3.05) is 0 Å². The van der Waals surface area contributed by atoms with Crippen LogP contribution in [-0.2, 0) is 6.42 Å². The zero-order chi connectivity index (χ0) is 15.4. The molecule has 3 rings (SSSR count). The Kier molecular flexibility index (Phi) is 4.39. The highest BCUT2D eigenvalue weighted by atomic mass is 14.2. The van der Waals surface area contributed by atoms with Crippen LogP contribution in [0.2, 0.25) is 0 Å². The van der Waals surface area contributed by atoms with Crippen molar-refractivity contribution in [3.63, 3.8) is 0 Å². The van der Waals surface area contributed by atoms with E-state index in [-0.39, 0.29) is 0 Å². The van der Waals surface area contributed by atoms with E-state index < -0.39 is 0 Å². The summed E-state index contributed by atoms with van der Waals surface area (Å²) in [5.41, 5.74) is 6.93. The highest BCUT2D eigenvalue weighted by Gasteiger charge is 2.11. The fourth-order valence-corrected chi connectivity index (χ4v) is 3.02. The van der Waals surface area contributed by atoms with Gasteiger partial charge in [0.25, 0.3) is 0 Å². The number of hydrogen-bond donors (Lipinski definition) is 0. The molecular weight excluding hydrogens is 264 g/mol. The normalized spacial score (nSPS) is 12.1. The molecular formula is C22H22. The Morgan fingerprint density at radius 3 is 2.05 bits per heavy atom. The van der Waals surface area contributed by atoms with E-state index >= 15 is 0 Å². The summed E-state index contributed by atoms with van der Waals surface area (Å²) in [5.74, 6) is 0.428. The summed E-state index contributed by atoms with van der Waals surface area (Å²) < 4.78 is 0. The van der Waals surface area contributed by atoms with Crippen LogP contribution in [0.15, 0.2) is 78.9 Å². The predicted octanol–water partition coefficient (Wildman–Crippen LogP) is 5.74. The number of benzene rings is 3. The van der Waals surface area contributed by atoms with Crippen molar-refractivity contribution >= 4 is 0 Å². The summed E-state index contributed by atoms with van der Waals surface area (Å²) in [6.07, 6.45) is 0.996. The monoisotopic (exact) mass is 286 g/mol. The van der Waals surface area contributed by atoms with Crippen LogP contribution in [0.1, 0.15) is 40.7 Å². The molecule has 0 heterocycles. The third kappa shape index (κ3) is 3.28. The molecule has 0 aromatic heterocycles. The molecule has 0 aliphatic rings. The van der Waals surface area contributed by atoms with Crippen LogP contribution >= 0.6 is 0 Å². The number of aryl methyl sites for hydroxylation is 1. The van der Waals surface area contributed by atoms with Crippen molar-refractivity contribution in [1.29, 1.82) is 0 Å². The lowest BCUT2D eigenvalue weighted by molar-refractivity contribution is 0.905. The Morgan fingerprint density at radius 2 is 1.36 bits per heavy atom. The molecule has 0 N–H and O–H groups in total. The molecule has 0 spiro atoms. The van der Waals surface area contributed by atoms with Gasteiger partial charge in [-0.05, 0) is 41.2 Å². The van der Waals surface area contributed by atoms with Crippen molar-refractivity contribution in [3.05, 3.63) is 107 Å². The lowest BCUT2D eigenvalue weighted by atomic mass is 9.88. The minimum Gasteiger partial charge on any atom is -0.0622 e. The molecule has 0 heteroatoms. The van der Waals surface area contributed by atoms with Crippen LogP contribution in [0.25, 0.3) is 0 Å². The van der Waals surface area contributed by atoms with E-state index in [0.717, 1.165) is 6.42 Å². The van der Waals surface area contributed by atoms with Crippen molar-refractivity contribution in [2.24, 2.45) is 0 Å². The van der Waals surface area contributed by atoms with Crippen molar-refractivity contribution in [2.45, 2.75) is 26.2 Å². The van der Waals surface area contributed by atoms with Crippen LogP contribution in [0.5, 0.6) is 0 Å². The van der Waals surface area contributed by atoms with E-state index in [1.165, 1.54) is 27.8 Å². The van der Waals surface area contributed by atoms with E-state index in [1.54, 1.807) is 0 Å². The molecule has 3 aromatic carbocycles. The summed E-state index contributed by atoms with van der Waals surface area (Å²) in [5, 5.41) is 0. The molecule has 1 atom stereocenters. The summed E-state index contributed by atoms with van der Waals surface area (Å²) in [6, 6.07) is 28.3. The van der Waals surface area contributed by atoms with Crippen LogP contribution in [0.4, 0.5) is 0 Å². The molecule has 0 saturated carbocycles. The first-order valence-electron chi connectivity index (χ1n) is 7.92. The molecule has 0 nitrogen and oxygen atoms in total. The minimum absolute atomic E-state index is 0.428. The fraction of sp³-hybridized carbons (Fsp3) is 0.182. The zero-order valence-electron chi connectivity index (χ0n) is 13.3. The van der Waals surface area contributed by atoms with Crippen LogP contribution in [0, 0.1) is 6.92 Å². The van der Waals surface area contributed by atoms with Gasteiger partial charge in [0.2, 0.25) is 0 Å². The standard InChI is InChI=1S/C22H22/c1-17-13-14-20(15-19-9-5-3-6-10-19)16-22(17)18(2)21-11-7-4-8-12-21/h3-14,16,18H,15H2,1-2H3. The average Bonchev–Trinajstić information content (AvgIpc) is 2.58. The maximum atomic E-state index is 2.38. The van der Waals surface area contributed by atoms with Gasteiger partial charge in [-0.25, -0.2) is 0 Å². The Morgan fingerprint density at radius 1 is 0.727 bits per heavy atom. The van der Waals surface area contributed by atoms with Gasteiger partial charge < -0.3 is 0 Å². The Labute approximate surface area is 133 Å². The van der Waals surface area contributed by atoms with Gasteiger partial charge in [-0.2, -0.15) is 0 Å². The minimum atomic E-state index is 0.428. The highest BCUT2D eigenvalue weighted by molar-refractivity contribution is 5.40. The van der Waals surface area contributed by atoms with Gasteiger partial charge in [0, 0.05) is 5.92 Å². The molecule has 3 aromatic rings. The van der Waals surface area contributed by atoms with Crippen LogP contribution in [-0.4, -0.2) is 0 Å². The second-order valence-corrected chi connectivity index (χ2v) is 5.99. The Hall–Kier alpha value is -2.34. The van der Waals surface area contributed by atoms with E-state index in [9.17, 15) is 0 Å². The largest absolute Gasteiger partial charge is 0.0622 e. The number of rotatable bonds is 4. The fourth-order valence-electron chi connectivity index (χ4n) is 3.02. The molecule has 0 amide bonds. The summed E-state index contributed by atoms with van der Waals surface area (Å²) in [7, 11) is 0. The molecule has 22 heavy (non-hydrogen) atoms. The molecule has 110 valence electrons. The lowest BCUT2D eigenvalue weighted by Gasteiger charge is -2.17. The maximum Gasteiger partial charge on any atom is 0.00637 e. The molecule has 0 aliphatic carbocycles. The number of hydrogen-bond acceptors (Lipinski definition) is 0. The third-order valence-corrected chi connectivity index (χ3v) is 4.36. The van der Waals surface area contributed by atoms with Gasteiger partial charge in [-0.3, -0.25) is 0 Å². The first kappa shape index (κ1) is 14.6. The predicted molar refractivity (Wildman–Crippen MR) is 94.4 cm³/mol. The van der Waals surface area contributed by atoms with Crippen LogP contribution in [0.3, 0.4) is 0 Å². The Balaban J connectivity index is 1.90. The molecule has 0 bridgehead atoms. The van der Waals surface area contributed by atoms with Gasteiger partial charge >= 0.3 is 0 Å². The second-order valence-electron chi connectivity index (χ2n) is 5.99. The van der Waals surface area contributed by atoms with Gasteiger partial charge in [-0.1, -0.05) is 85.8 Å². The van der Waals surface area contributed by atoms with Gasteiger partial charge in [0.05, 0.1) is 0 Å². The Bertz CT molecular complexity index is 727. The molecule has 0 saturated heterocycles. The van der Waals surface area contributed by atoms with Crippen molar-refractivity contribution < 1.29 is 0 Å². The maximum absolute atomic E-state index is 2.38. The molecule has 0 fully saturated rings. The van der Waals surface area contributed by atoms with E-state index in [2.05, 4.69) is 92.7 Å². The molecule has 0 radical (unpaired) electrons. The highest BCUT2D eigenvalue weighted by Crippen LogP contribution is 2.28. The quantitative estimate of drug-likeness (QED) is 0.574. The lowest BCUT2D eigenvalue weighted by Crippen LogP contribution is -2.00. The van der Waals surface area contributed by atoms with Crippen molar-refractivity contribution in [3.8, 4) is 0 Å². The van der Waals surface area contributed by atoms with E-state index in [0.29, 0.717) is 5.92 Å². The average molecular weight is 286 g/mol. The van der Waals surface area contributed by atoms with E-state index in [1.807, 2.05) is 0 Å². The van der Waals surface area contributed by atoms with Gasteiger partial charge in [0.1, 0.15) is 0 Å². The third-order valence-electron chi connectivity index (χ3n) is 4.36. The topological polar surface area (TPSA) is 0 Å². The first-order valence-corrected chi connectivity index (χ1v) is 7.92. The summed E-state index contributed by atoms with van der Waals surface area (Å²) in [6.45, 7) is 4.50. The van der Waals surface area contributed by atoms with Crippen molar-refractivity contribution in [1.82, 2.24) is 0 Å². The zero-order valence-corrected chi connectivity index (χ0v) is 13.3. The molecule has 0 aliphatic heterocycles. The SMILES string of the molecule is Cc1ccc(Cc2ccccc2)cc1C(C)c1ccccc1. The summed E-state index contributed by atoms with van der Waals surface area (Å²) >= 11 is 0. The first-order chi connectivity index (χ1) is 10.7. The molecule has 1 unspecified atom stereocenters. The second kappa shape index (κ2) is 6.62. The summed E-state index contributed by atoms with van der Waals surface area (Å²) in [4.78, 5) is 0. The van der Waals surface area contributed by atoms with Gasteiger partial charge in [0.15, 0.2) is 0 Å². The van der Waals surface area contributed by atoms with Crippen LogP contribution < -0.4 is 0 Å².